The van der Waals surface area contributed by atoms with Gasteiger partial charge < -0.3 is 5.73 Å². The Labute approximate surface area is 92.0 Å². The first-order valence-corrected chi connectivity index (χ1v) is 5.82. The minimum Gasteiger partial charge on any atom is -0.321 e. The Kier molecular flexibility index (Phi) is 2.98. The van der Waals surface area contributed by atoms with Crippen LogP contribution in [0.1, 0.15) is 24.8 Å². The van der Waals surface area contributed by atoms with E-state index in [4.69, 9.17) is 5.73 Å². The highest BCUT2D eigenvalue weighted by Gasteiger charge is 2.33. The highest BCUT2D eigenvalue weighted by Crippen LogP contribution is 2.39. The monoisotopic (exact) mass is 229 g/mol. The lowest BCUT2D eigenvalue weighted by molar-refractivity contribution is 0.252. The van der Waals surface area contributed by atoms with Crippen LogP contribution in [-0.4, -0.2) is 5.76 Å². The van der Waals surface area contributed by atoms with Crippen molar-refractivity contribution in [2.24, 2.45) is 5.73 Å². The molecule has 82 valence electrons. The summed E-state index contributed by atoms with van der Waals surface area (Å²) < 4.78 is 24.1. The van der Waals surface area contributed by atoms with Crippen LogP contribution in [-0.2, 0) is 5.54 Å². The second-order valence-electron chi connectivity index (χ2n) is 3.91. The summed E-state index contributed by atoms with van der Waals surface area (Å²) in [6.45, 7) is 0. The second-order valence-corrected chi connectivity index (χ2v) is 4.98. The minimum absolute atomic E-state index is 0.200. The van der Waals surface area contributed by atoms with E-state index in [2.05, 4.69) is 0 Å². The lowest BCUT2D eigenvalue weighted by Crippen LogP contribution is -2.43. The predicted octanol–water partition coefficient (Wildman–Crippen LogP) is 3.34. The molecule has 1 aliphatic carbocycles. The smallest absolute Gasteiger partial charge is 0.288 e. The van der Waals surface area contributed by atoms with Crippen LogP contribution in [0.4, 0.5) is 8.78 Å². The summed E-state index contributed by atoms with van der Waals surface area (Å²) >= 11 is 0.569. The SMILES string of the molecule is NC1(c2ccc(SC(F)F)cc2)CCC1. The van der Waals surface area contributed by atoms with Crippen molar-refractivity contribution in [3.05, 3.63) is 29.8 Å². The average Bonchev–Trinajstić information content (AvgIpc) is 2.14. The van der Waals surface area contributed by atoms with Gasteiger partial charge >= 0.3 is 0 Å². The van der Waals surface area contributed by atoms with E-state index < -0.39 is 5.76 Å². The number of hydrogen-bond donors (Lipinski definition) is 1. The quantitative estimate of drug-likeness (QED) is 0.804. The standard InChI is InChI=1S/C11H13F2NS/c12-10(13)15-9-4-2-8(3-5-9)11(14)6-1-7-11/h2-5,10H,1,6-7,14H2. The van der Waals surface area contributed by atoms with Crippen molar-refractivity contribution in [3.63, 3.8) is 0 Å². The number of rotatable bonds is 3. The molecule has 0 spiro atoms. The Bertz CT molecular complexity index is 333. The molecular weight excluding hydrogens is 216 g/mol. The van der Waals surface area contributed by atoms with Crippen molar-refractivity contribution in [3.8, 4) is 0 Å². The van der Waals surface area contributed by atoms with E-state index in [-0.39, 0.29) is 5.54 Å². The summed E-state index contributed by atoms with van der Waals surface area (Å²) in [6, 6.07) is 7.17. The molecule has 1 fully saturated rings. The van der Waals surface area contributed by atoms with Gasteiger partial charge in [0, 0.05) is 10.4 Å². The van der Waals surface area contributed by atoms with Crippen LogP contribution in [0.3, 0.4) is 0 Å². The van der Waals surface area contributed by atoms with Gasteiger partial charge in [-0.15, -0.1) is 0 Å². The molecule has 0 amide bonds. The van der Waals surface area contributed by atoms with Crippen LogP contribution in [0.5, 0.6) is 0 Å². The van der Waals surface area contributed by atoms with Gasteiger partial charge in [-0.25, -0.2) is 0 Å². The molecule has 15 heavy (non-hydrogen) atoms. The number of alkyl halides is 2. The minimum atomic E-state index is -2.36. The van der Waals surface area contributed by atoms with E-state index in [1.165, 1.54) is 0 Å². The molecule has 0 aliphatic heterocycles. The molecule has 2 N–H and O–H groups in total. The molecule has 0 atom stereocenters. The van der Waals surface area contributed by atoms with Gasteiger partial charge in [0.25, 0.3) is 5.76 Å². The lowest BCUT2D eigenvalue weighted by Gasteiger charge is -2.38. The summed E-state index contributed by atoms with van der Waals surface area (Å²) in [5.41, 5.74) is 6.98. The first-order chi connectivity index (χ1) is 7.10. The van der Waals surface area contributed by atoms with Crippen molar-refractivity contribution in [2.75, 3.05) is 0 Å². The lowest BCUT2D eigenvalue weighted by atomic mass is 9.73. The van der Waals surface area contributed by atoms with E-state index in [1.54, 1.807) is 12.1 Å². The zero-order chi connectivity index (χ0) is 10.9. The molecule has 0 unspecified atom stereocenters. The van der Waals surface area contributed by atoms with Gasteiger partial charge in [-0.05, 0) is 37.0 Å². The molecule has 1 aliphatic rings. The van der Waals surface area contributed by atoms with E-state index in [0.717, 1.165) is 24.8 Å². The fraction of sp³-hybridized carbons (Fsp3) is 0.455. The van der Waals surface area contributed by atoms with Gasteiger partial charge in [0.15, 0.2) is 0 Å². The van der Waals surface area contributed by atoms with Crippen molar-refractivity contribution in [2.45, 2.75) is 35.5 Å². The van der Waals surface area contributed by atoms with Gasteiger partial charge in [0.05, 0.1) is 0 Å². The number of nitrogens with two attached hydrogens (primary N) is 1. The van der Waals surface area contributed by atoms with Gasteiger partial charge in [-0.3, -0.25) is 0 Å². The highest BCUT2D eigenvalue weighted by atomic mass is 32.2. The van der Waals surface area contributed by atoms with Crippen LogP contribution in [0.15, 0.2) is 29.2 Å². The number of benzene rings is 1. The maximum Gasteiger partial charge on any atom is 0.288 e. The van der Waals surface area contributed by atoms with Crippen molar-refractivity contribution in [1.82, 2.24) is 0 Å². The summed E-state index contributed by atoms with van der Waals surface area (Å²) in [7, 11) is 0. The summed E-state index contributed by atoms with van der Waals surface area (Å²) in [6.07, 6.45) is 3.15. The van der Waals surface area contributed by atoms with Crippen molar-refractivity contribution >= 4 is 11.8 Å². The third-order valence-corrected chi connectivity index (χ3v) is 3.62. The maximum absolute atomic E-state index is 12.1. The molecular formula is C11H13F2NS. The van der Waals surface area contributed by atoms with E-state index in [9.17, 15) is 8.78 Å². The number of halogens is 2. The van der Waals surface area contributed by atoms with E-state index >= 15 is 0 Å². The Balaban J connectivity index is 2.10. The van der Waals surface area contributed by atoms with E-state index in [0.29, 0.717) is 16.7 Å². The fourth-order valence-corrected chi connectivity index (χ4v) is 2.31. The Morgan fingerprint density at radius 2 is 1.80 bits per heavy atom. The molecule has 0 heterocycles. The molecule has 4 heteroatoms. The van der Waals surface area contributed by atoms with Crippen LogP contribution in [0.2, 0.25) is 0 Å². The third kappa shape index (κ3) is 2.32. The molecule has 0 radical (unpaired) electrons. The maximum atomic E-state index is 12.1. The van der Waals surface area contributed by atoms with Crippen molar-refractivity contribution in [1.29, 1.82) is 0 Å². The summed E-state index contributed by atoms with van der Waals surface area (Å²) in [5, 5.41) is 0. The van der Waals surface area contributed by atoms with Gasteiger partial charge in [0.2, 0.25) is 0 Å². The largest absolute Gasteiger partial charge is 0.321 e. The van der Waals surface area contributed by atoms with Crippen molar-refractivity contribution < 1.29 is 8.78 Å². The fourth-order valence-electron chi connectivity index (χ4n) is 1.81. The van der Waals surface area contributed by atoms with Gasteiger partial charge in [-0.2, -0.15) is 8.78 Å². The first kappa shape index (κ1) is 10.9. The van der Waals surface area contributed by atoms with Crippen LogP contribution in [0, 0.1) is 0 Å². The molecule has 2 rings (SSSR count). The van der Waals surface area contributed by atoms with Crippen LogP contribution in [0.25, 0.3) is 0 Å². The third-order valence-electron chi connectivity index (χ3n) is 2.90. The van der Waals surface area contributed by atoms with Gasteiger partial charge in [0.1, 0.15) is 0 Å². The zero-order valence-electron chi connectivity index (χ0n) is 8.25. The highest BCUT2D eigenvalue weighted by molar-refractivity contribution is 7.99. The molecule has 0 bridgehead atoms. The van der Waals surface area contributed by atoms with Crippen LogP contribution >= 0.6 is 11.8 Å². The molecule has 1 saturated carbocycles. The molecule has 1 aromatic rings. The summed E-state index contributed by atoms with van der Waals surface area (Å²) in [5.74, 6) is -2.36. The zero-order valence-corrected chi connectivity index (χ0v) is 9.07. The number of hydrogen-bond acceptors (Lipinski definition) is 2. The van der Waals surface area contributed by atoms with Crippen LogP contribution < -0.4 is 5.73 Å². The first-order valence-electron chi connectivity index (χ1n) is 4.94. The summed E-state index contributed by atoms with van der Waals surface area (Å²) in [4.78, 5) is 0.594. The molecule has 0 aromatic heterocycles. The second kappa shape index (κ2) is 4.10. The molecule has 1 aromatic carbocycles. The molecule has 1 nitrogen and oxygen atoms in total. The molecule has 0 saturated heterocycles. The predicted molar refractivity (Wildman–Crippen MR) is 58.0 cm³/mol. The van der Waals surface area contributed by atoms with Gasteiger partial charge in [-0.1, -0.05) is 23.9 Å². The average molecular weight is 229 g/mol. The normalized spacial score (nSPS) is 18.9. The topological polar surface area (TPSA) is 26.0 Å². The Hall–Kier alpha value is -0.610. The Morgan fingerprint density at radius 1 is 1.20 bits per heavy atom. The number of thioether (sulfide) groups is 1. The van der Waals surface area contributed by atoms with E-state index in [1.807, 2.05) is 12.1 Å². The Morgan fingerprint density at radius 3 is 2.20 bits per heavy atom.